The molecular formula is C10H20O3. The lowest BCUT2D eigenvalue weighted by Gasteiger charge is -2.04. The molecule has 78 valence electrons. The molecule has 0 saturated carbocycles. The van der Waals surface area contributed by atoms with Crippen LogP contribution in [0.25, 0.3) is 0 Å². The van der Waals surface area contributed by atoms with E-state index in [4.69, 9.17) is 4.89 Å². The summed E-state index contributed by atoms with van der Waals surface area (Å²) < 4.78 is 0. The lowest BCUT2D eigenvalue weighted by molar-refractivity contribution is -0.275. The van der Waals surface area contributed by atoms with Gasteiger partial charge < -0.3 is 0 Å². The van der Waals surface area contributed by atoms with Crippen molar-refractivity contribution < 1.29 is 14.6 Å². The SMILES string of the molecule is CCCCCCOOC(=O)C(C)C. The molecule has 0 aliphatic heterocycles. The van der Waals surface area contributed by atoms with Crippen molar-refractivity contribution in [2.24, 2.45) is 5.92 Å². The van der Waals surface area contributed by atoms with Gasteiger partial charge in [-0.2, -0.15) is 4.89 Å². The van der Waals surface area contributed by atoms with Crippen LogP contribution in [-0.2, 0) is 14.6 Å². The second-order valence-corrected chi connectivity index (χ2v) is 3.44. The molecule has 0 fully saturated rings. The smallest absolute Gasteiger partial charge is 0.298 e. The van der Waals surface area contributed by atoms with Crippen LogP contribution in [0, 0.1) is 5.92 Å². The highest BCUT2D eigenvalue weighted by molar-refractivity contribution is 5.70. The van der Waals surface area contributed by atoms with Crippen LogP contribution >= 0.6 is 0 Å². The Morgan fingerprint density at radius 2 is 1.92 bits per heavy atom. The summed E-state index contributed by atoms with van der Waals surface area (Å²) in [6.07, 6.45) is 4.50. The zero-order valence-corrected chi connectivity index (χ0v) is 8.84. The van der Waals surface area contributed by atoms with Gasteiger partial charge in [0, 0.05) is 0 Å². The standard InChI is InChI=1S/C10H20O3/c1-4-5-6-7-8-12-13-10(11)9(2)3/h9H,4-8H2,1-3H3. The van der Waals surface area contributed by atoms with E-state index in [2.05, 4.69) is 11.8 Å². The summed E-state index contributed by atoms with van der Waals surface area (Å²) in [6, 6.07) is 0. The van der Waals surface area contributed by atoms with Gasteiger partial charge in [0.25, 0.3) is 0 Å². The monoisotopic (exact) mass is 188 g/mol. The van der Waals surface area contributed by atoms with E-state index in [0.29, 0.717) is 6.61 Å². The maximum Gasteiger partial charge on any atom is 0.344 e. The molecule has 0 aliphatic rings. The first-order valence-electron chi connectivity index (χ1n) is 5.01. The molecule has 0 N–H and O–H groups in total. The first kappa shape index (κ1) is 12.4. The van der Waals surface area contributed by atoms with Crippen molar-refractivity contribution >= 4 is 5.97 Å². The van der Waals surface area contributed by atoms with Gasteiger partial charge >= 0.3 is 5.97 Å². The van der Waals surface area contributed by atoms with Crippen molar-refractivity contribution in [3.05, 3.63) is 0 Å². The molecule has 0 saturated heterocycles. The summed E-state index contributed by atoms with van der Waals surface area (Å²) in [5, 5.41) is 0. The second kappa shape index (κ2) is 8.05. The number of carbonyl (C=O) groups excluding carboxylic acids is 1. The third-order valence-electron chi connectivity index (χ3n) is 1.69. The van der Waals surface area contributed by atoms with Gasteiger partial charge in [-0.3, -0.25) is 4.89 Å². The predicted octanol–water partition coefficient (Wildman–Crippen LogP) is 2.70. The fourth-order valence-corrected chi connectivity index (χ4v) is 0.784. The molecule has 0 bridgehead atoms. The van der Waals surface area contributed by atoms with E-state index in [-0.39, 0.29) is 11.9 Å². The van der Waals surface area contributed by atoms with Crippen molar-refractivity contribution in [2.75, 3.05) is 6.61 Å². The largest absolute Gasteiger partial charge is 0.344 e. The van der Waals surface area contributed by atoms with Crippen LogP contribution < -0.4 is 0 Å². The van der Waals surface area contributed by atoms with Crippen LogP contribution in [-0.4, -0.2) is 12.6 Å². The molecule has 0 unspecified atom stereocenters. The van der Waals surface area contributed by atoms with E-state index < -0.39 is 0 Å². The van der Waals surface area contributed by atoms with Crippen LogP contribution in [0.4, 0.5) is 0 Å². The number of rotatable bonds is 7. The minimum atomic E-state index is -0.296. The maximum atomic E-state index is 10.9. The van der Waals surface area contributed by atoms with Crippen molar-refractivity contribution in [3.8, 4) is 0 Å². The van der Waals surface area contributed by atoms with Crippen molar-refractivity contribution in [1.82, 2.24) is 0 Å². The van der Waals surface area contributed by atoms with E-state index in [1.54, 1.807) is 13.8 Å². The zero-order valence-electron chi connectivity index (χ0n) is 8.84. The summed E-state index contributed by atoms with van der Waals surface area (Å²) in [5.74, 6) is -0.411. The van der Waals surface area contributed by atoms with E-state index in [9.17, 15) is 4.79 Å². The number of hydrogen-bond donors (Lipinski definition) is 0. The molecule has 0 aromatic carbocycles. The van der Waals surface area contributed by atoms with Crippen molar-refractivity contribution in [2.45, 2.75) is 46.5 Å². The number of hydrogen-bond acceptors (Lipinski definition) is 3. The molecule has 0 heterocycles. The average Bonchev–Trinajstić information content (AvgIpc) is 2.10. The van der Waals surface area contributed by atoms with Crippen LogP contribution in [0.15, 0.2) is 0 Å². The van der Waals surface area contributed by atoms with E-state index >= 15 is 0 Å². The normalized spacial score (nSPS) is 10.5. The maximum absolute atomic E-state index is 10.9. The third kappa shape index (κ3) is 7.78. The van der Waals surface area contributed by atoms with Crippen LogP contribution in [0.5, 0.6) is 0 Å². The van der Waals surface area contributed by atoms with Gasteiger partial charge in [0.1, 0.15) is 0 Å². The summed E-state index contributed by atoms with van der Waals surface area (Å²) in [7, 11) is 0. The van der Waals surface area contributed by atoms with Crippen LogP contribution in [0.2, 0.25) is 0 Å². The van der Waals surface area contributed by atoms with Gasteiger partial charge in [-0.1, -0.05) is 40.0 Å². The molecule has 13 heavy (non-hydrogen) atoms. The topological polar surface area (TPSA) is 35.5 Å². The van der Waals surface area contributed by atoms with Crippen molar-refractivity contribution in [3.63, 3.8) is 0 Å². The van der Waals surface area contributed by atoms with Gasteiger partial charge in [-0.05, 0) is 6.42 Å². The molecule has 0 rings (SSSR count). The van der Waals surface area contributed by atoms with Crippen molar-refractivity contribution in [1.29, 1.82) is 0 Å². The molecule has 0 radical (unpaired) electrons. The number of unbranched alkanes of at least 4 members (excludes halogenated alkanes) is 3. The fourth-order valence-electron chi connectivity index (χ4n) is 0.784. The first-order valence-corrected chi connectivity index (χ1v) is 5.01. The quantitative estimate of drug-likeness (QED) is 0.350. The molecule has 0 atom stereocenters. The highest BCUT2D eigenvalue weighted by Crippen LogP contribution is 2.01. The highest BCUT2D eigenvalue weighted by atomic mass is 17.2. The summed E-state index contributed by atoms with van der Waals surface area (Å²) in [5.41, 5.74) is 0. The van der Waals surface area contributed by atoms with Gasteiger partial charge in [0.05, 0.1) is 12.5 Å². The Labute approximate surface area is 80.3 Å². The summed E-state index contributed by atoms with van der Waals surface area (Å²) in [6.45, 7) is 6.23. The second-order valence-electron chi connectivity index (χ2n) is 3.44. The van der Waals surface area contributed by atoms with Gasteiger partial charge in [0.2, 0.25) is 0 Å². The molecule has 0 aromatic heterocycles. The zero-order chi connectivity index (χ0) is 10.1. The van der Waals surface area contributed by atoms with Gasteiger partial charge in [-0.25, -0.2) is 4.79 Å². The Bertz CT molecular complexity index is 132. The first-order chi connectivity index (χ1) is 6.18. The molecule has 0 spiro atoms. The minimum absolute atomic E-state index is 0.115. The average molecular weight is 188 g/mol. The predicted molar refractivity (Wildman–Crippen MR) is 51.0 cm³/mol. The van der Waals surface area contributed by atoms with Crippen LogP contribution in [0.1, 0.15) is 46.5 Å². The Morgan fingerprint density at radius 1 is 1.23 bits per heavy atom. The molecule has 3 heteroatoms. The molecule has 0 amide bonds. The van der Waals surface area contributed by atoms with Gasteiger partial charge in [0.15, 0.2) is 0 Å². The lowest BCUT2D eigenvalue weighted by Crippen LogP contribution is -2.12. The Hall–Kier alpha value is -0.570. The fraction of sp³-hybridized carbons (Fsp3) is 0.900. The van der Waals surface area contributed by atoms with E-state index in [1.165, 1.54) is 12.8 Å². The Balaban J connectivity index is 3.12. The molecule has 0 aromatic rings. The van der Waals surface area contributed by atoms with E-state index in [1.807, 2.05) is 0 Å². The minimum Gasteiger partial charge on any atom is -0.298 e. The van der Waals surface area contributed by atoms with Crippen LogP contribution in [0.3, 0.4) is 0 Å². The molecular weight excluding hydrogens is 168 g/mol. The third-order valence-corrected chi connectivity index (χ3v) is 1.69. The Kier molecular flexibility index (Phi) is 7.69. The van der Waals surface area contributed by atoms with Gasteiger partial charge in [-0.15, -0.1) is 0 Å². The molecule has 3 nitrogen and oxygen atoms in total. The highest BCUT2D eigenvalue weighted by Gasteiger charge is 2.08. The Morgan fingerprint density at radius 3 is 2.46 bits per heavy atom. The summed E-state index contributed by atoms with van der Waals surface area (Å²) in [4.78, 5) is 20.2. The lowest BCUT2D eigenvalue weighted by atomic mass is 10.2. The summed E-state index contributed by atoms with van der Waals surface area (Å²) >= 11 is 0. The number of carbonyl (C=O) groups is 1. The molecule has 0 aliphatic carbocycles. The van der Waals surface area contributed by atoms with E-state index in [0.717, 1.165) is 12.8 Å².